The molecule has 1 aromatic carbocycles. The Morgan fingerprint density at radius 1 is 1.25 bits per heavy atom. The van der Waals surface area contributed by atoms with E-state index in [1.54, 1.807) is 0 Å². The van der Waals surface area contributed by atoms with Crippen LogP contribution < -0.4 is 5.32 Å². The van der Waals surface area contributed by atoms with Gasteiger partial charge in [-0.05, 0) is 42.5 Å². The van der Waals surface area contributed by atoms with Crippen LogP contribution in [0.15, 0.2) is 36.1 Å². The highest BCUT2D eigenvalue weighted by atomic mass is 16.5. The third kappa shape index (κ3) is 2.74. The topological polar surface area (TPSA) is 30.5 Å². The van der Waals surface area contributed by atoms with Gasteiger partial charge in [-0.25, -0.2) is 0 Å². The molecule has 3 rings (SSSR count). The molecule has 1 aromatic rings. The van der Waals surface area contributed by atoms with Gasteiger partial charge in [-0.15, -0.1) is 0 Å². The molecule has 2 aliphatic rings. The molecule has 2 heterocycles. The lowest BCUT2D eigenvalue weighted by molar-refractivity contribution is 0.0214. The van der Waals surface area contributed by atoms with Gasteiger partial charge in [0.2, 0.25) is 0 Å². The van der Waals surface area contributed by atoms with Crippen LogP contribution in [0.25, 0.3) is 0 Å². The highest BCUT2D eigenvalue weighted by Crippen LogP contribution is 2.34. The maximum atomic E-state index is 6.11. The average Bonchev–Trinajstić information content (AvgIpc) is 2.53. The van der Waals surface area contributed by atoms with Crippen molar-refractivity contribution in [2.75, 3.05) is 19.8 Å². The molecule has 0 bridgehead atoms. The highest BCUT2D eigenvalue weighted by molar-refractivity contribution is 5.34. The fraction of sp³-hybridized carbons (Fsp3) is 0.529. The largest absolute Gasteiger partial charge is 0.501 e. The van der Waals surface area contributed by atoms with Crippen LogP contribution in [-0.4, -0.2) is 25.8 Å². The molecule has 2 aliphatic heterocycles. The molecule has 2 atom stereocenters. The Labute approximate surface area is 121 Å². The van der Waals surface area contributed by atoms with Gasteiger partial charge in [0, 0.05) is 0 Å². The number of hydrogen-bond acceptors (Lipinski definition) is 3. The van der Waals surface area contributed by atoms with Crippen LogP contribution in [0, 0.1) is 0 Å². The van der Waals surface area contributed by atoms with Crippen LogP contribution in [-0.2, 0) is 15.9 Å². The lowest BCUT2D eigenvalue weighted by atomic mass is 9.88. The Balaban J connectivity index is 1.90. The molecule has 3 heteroatoms. The van der Waals surface area contributed by atoms with Gasteiger partial charge < -0.3 is 14.8 Å². The molecule has 0 saturated heterocycles. The number of rotatable bonds is 4. The molecule has 0 spiro atoms. The SMILES string of the molecule is CCNC(C1=COCCC1)C1OCCc2ccccc21. The second-order valence-electron chi connectivity index (χ2n) is 5.44. The molecule has 20 heavy (non-hydrogen) atoms. The lowest BCUT2D eigenvalue weighted by Gasteiger charge is -2.35. The number of nitrogens with one attached hydrogen (secondary N) is 1. The second-order valence-corrected chi connectivity index (χ2v) is 5.44. The van der Waals surface area contributed by atoms with E-state index in [0.29, 0.717) is 0 Å². The summed E-state index contributed by atoms with van der Waals surface area (Å²) in [6, 6.07) is 8.87. The first-order valence-electron chi connectivity index (χ1n) is 7.63. The Morgan fingerprint density at radius 2 is 2.15 bits per heavy atom. The van der Waals surface area contributed by atoms with Crippen molar-refractivity contribution in [2.45, 2.75) is 38.3 Å². The second kappa shape index (κ2) is 6.42. The summed E-state index contributed by atoms with van der Waals surface area (Å²) >= 11 is 0. The van der Waals surface area contributed by atoms with Crippen molar-refractivity contribution < 1.29 is 9.47 Å². The first-order valence-corrected chi connectivity index (χ1v) is 7.63. The van der Waals surface area contributed by atoms with Crippen LogP contribution in [0.5, 0.6) is 0 Å². The van der Waals surface area contributed by atoms with Gasteiger partial charge in [-0.2, -0.15) is 0 Å². The molecule has 3 nitrogen and oxygen atoms in total. The van der Waals surface area contributed by atoms with Crippen molar-refractivity contribution in [2.24, 2.45) is 0 Å². The molecule has 0 amide bonds. The van der Waals surface area contributed by atoms with Gasteiger partial charge in [-0.1, -0.05) is 31.2 Å². The third-order valence-electron chi connectivity index (χ3n) is 4.12. The first-order chi connectivity index (χ1) is 9.90. The lowest BCUT2D eigenvalue weighted by Crippen LogP contribution is -2.40. The van der Waals surface area contributed by atoms with Gasteiger partial charge in [0.1, 0.15) is 6.10 Å². The van der Waals surface area contributed by atoms with Crippen molar-refractivity contribution in [1.29, 1.82) is 0 Å². The molecular formula is C17H23NO2. The molecule has 0 saturated carbocycles. The molecule has 0 radical (unpaired) electrons. The van der Waals surface area contributed by atoms with Crippen molar-refractivity contribution in [1.82, 2.24) is 5.32 Å². The van der Waals surface area contributed by atoms with E-state index >= 15 is 0 Å². The van der Waals surface area contributed by atoms with Gasteiger partial charge in [0.15, 0.2) is 0 Å². The summed E-state index contributed by atoms with van der Waals surface area (Å²) in [6.07, 6.45) is 5.26. The maximum absolute atomic E-state index is 6.11. The summed E-state index contributed by atoms with van der Waals surface area (Å²) in [4.78, 5) is 0. The summed E-state index contributed by atoms with van der Waals surface area (Å²) in [5.74, 6) is 0. The summed E-state index contributed by atoms with van der Waals surface area (Å²) in [7, 11) is 0. The number of hydrogen-bond donors (Lipinski definition) is 1. The van der Waals surface area contributed by atoms with Crippen molar-refractivity contribution in [3.05, 3.63) is 47.2 Å². The Morgan fingerprint density at radius 3 is 2.95 bits per heavy atom. The Hall–Kier alpha value is -1.32. The minimum absolute atomic E-state index is 0.104. The molecule has 2 unspecified atom stereocenters. The van der Waals surface area contributed by atoms with Crippen LogP contribution in [0.4, 0.5) is 0 Å². The summed E-state index contributed by atoms with van der Waals surface area (Å²) in [6.45, 7) is 4.72. The van der Waals surface area contributed by atoms with E-state index in [1.165, 1.54) is 16.7 Å². The fourth-order valence-corrected chi connectivity index (χ4v) is 3.17. The van der Waals surface area contributed by atoms with Crippen LogP contribution in [0.1, 0.15) is 37.0 Å². The van der Waals surface area contributed by atoms with Crippen LogP contribution in [0.2, 0.25) is 0 Å². The smallest absolute Gasteiger partial charge is 0.102 e. The summed E-state index contributed by atoms with van der Waals surface area (Å²) in [5.41, 5.74) is 4.08. The minimum Gasteiger partial charge on any atom is -0.501 e. The highest BCUT2D eigenvalue weighted by Gasteiger charge is 2.31. The van der Waals surface area contributed by atoms with Crippen molar-refractivity contribution in [3.8, 4) is 0 Å². The zero-order valence-electron chi connectivity index (χ0n) is 12.1. The molecule has 1 N–H and O–H groups in total. The normalized spacial score (nSPS) is 23.4. The van der Waals surface area contributed by atoms with E-state index in [4.69, 9.17) is 9.47 Å². The van der Waals surface area contributed by atoms with Crippen LogP contribution in [0.3, 0.4) is 0 Å². The van der Waals surface area contributed by atoms with E-state index in [1.807, 2.05) is 6.26 Å². The summed E-state index contributed by atoms with van der Waals surface area (Å²) in [5, 5.41) is 3.59. The first kappa shape index (κ1) is 13.7. The van der Waals surface area contributed by atoms with E-state index in [2.05, 4.69) is 36.5 Å². The number of fused-ring (bicyclic) bond motifs is 1. The monoisotopic (exact) mass is 273 g/mol. The average molecular weight is 273 g/mol. The van der Waals surface area contributed by atoms with Gasteiger partial charge >= 0.3 is 0 Å². The van der Waals surface area contributed by atoms with E-state index in [0.717, 1.165) is 39.0 Å². The van der Waals surface area contributed by atoms with Crippen molar-refractivity contribution in [3.63, 3.8) is 0 Å². The van der Waals surface area contributed by atoms with Gasteiger partial charge in [0.25, 0.3) is 0 Å². The van der Waals surface area contributed by atoms with Gasteiger partial charge in [-0.3, -0.25) is 0 Å². The number of ether oxygens (including phenoxy) is 2. The molecule has 0 aliphatic carbocycles. The minimum atomic E-state index is 0.104. The predicted octanol–water partition coefficient (Wildman–Crippen LogP) is 2.97. The zero-order chi connectivity index (χ0) is 13.8. The molecule has 108 valence electrons. The fourth-order valence-electron chi connectivity index (χ4n) is 3.17. The van der Waals surface area contributed by atoms with E-state index in [-0.39, 0.29) is 12.1 Å². The Bertz CT molecular complexity index is 484. The van der Waals surface area contributed by atoms with E-state index < -0.39 is 0 Å². The standard InChI is InChI=1S/C17H23NO2/c1-2-18-16(14-7-5-10-19-12-14)17-15-8-4-3-6-13(15)9-11-20-17/h3-4,6,8,12,16-18H,2,5,7,9-11H2,1H3. The van der Waals surface area contributed by atoms with Crippen LogP contribution >= 0.6 is 0 Å². The third-order valence-corrected chi connectivity index (χ3v) is 4.12. The maximum Gasteiger partial charge on any atom is 0.102 e. The van der Waals surface area contributed by atoms with Gasteiger partial charge in [0.05, 0.1) is 25.5 Å². The Kier molecular flexibility index (Phi) is 4.38. The molecule has 0 aromatic heterocycles. The van der Waals surface area contributed by atoms with E-state index in [9.17, 15) is 0 Å². The predicted molar refractivity (Wildman–Crippen MR) is 79.6 cm³/mol. The quantitative estimate of drug-likeness (QED) is 0.915. The van der Waals surface area contributed by atoms with Crippen molar-refractivity contribution >= 4 is 0 Å². The molecule has 0 fully saturated rings. The number of likely N-dealkylation sites (N-methyl/N-ethyl adjacent to an activating group) is 1. The molecular weight excluding hydrogens is 250 g/mol. The summed E-state index contributed by atoms with van der Waals surface area (Å²) < 4.78 is 11.6. The number of benzene rings is 1. The zero-order valence-corrected chi connectivity index (χ0v) is 12.1.